The highest BCUT2D eigenvalue weighted by molar-refractivity contribution is 8.01. The first-order chi connectivity index (χ1) is 11.9. The smallest absolute Gasteiger partial charge is 0.0528 e. The lowest BCUT2D eigenvalue weighted by atomic mass is 10.1. The second-order valence-electron chi connectivity index (χ2n) is 5.57. The van der Waals surface area contributed by atoms with Gasteiger partial charge in [-0.15, -0.1) is 0 Å². The van der Waals surface area contributed by atoms with Crippen molar-refractivity contribution in [2.24, 2.45) is 0 Å². The summed E-state index contributed by atoms with van der Waals surface area (Å²) in [6.07, 6.45) is 0. The lowest BCUT2D eigenvalue weighted by Crippen LogP contribution is -2.06. The lowest BCUT2D eigenvalue weighted by Gasteiger charge is -2.23. The monoisotopic (exact) mass is 327 g/mol. The number of hydrogen-bond acceptors (Lipinski definition) is 2. The maximum Gasteiger partial charge on any atom is 0.0528 e. The van der Waals surface area contributed by atoms with Crippen molar-refractivity contribution in [2.45, 2.75) is 4.90 Å². The van der Waals surface area contributed by atoms with E-state index in [-0.39, 0.29) is 0 Å². The Balaban J connectivity index is 1.73. The van der Waals surface area contributed by atoms with Crippen molar-refractivity contribution in [1.82, 2.24) is 0 Å². The molecule has 0 radical (unpaired) electrons. The van der Waals surface area contributed by atoms with Gasteiger partial charge in [-0.1, -0.05) is 66.7 Å². The molecular weight excluding hydrogens is 310 g/mol. The van der Waals surface area contributed by atoms with E-state index >= 15 is 0 Å². The van der Waals surface area contributed by atoms with Gasteiger partial charge in [0.05, 0.1) is 11.4 Å². The van der Waals surface area contributed by atoms with Gasteiger partial charge in [-0.2, -0.15) is 0 Å². The molecule has 0 aromatic heterocycles. The summed E-state index contributed by atoms with van der Waals surface area (Å²) in [7, 11) is 0. The molecule has 4 rings (SSSR count). The van der Waals surface area contributed by atoms with E-state index < -0.39 is 0 Å². The van der Waals surface area contributed by atoms with Crippen LogP contribution in [0.5, 0.6) is 0 Å². The van der Waals surface area contributed by atoms with Gasteiger partial charge in [0.1, 0.15) is 0 Å². The summed E-state index contributed by atoms with van der Waals surface area (Å²) >= 11 is 1.74. The highest BCUT2D eigenvalue weighted by Gasteiger charge is 2.11. The van der Waals surface area contributed by atoms with Gasteiger partial charge >= 0.3 is 0 Å². The minimum absolute atomic E-state index is 1.17. The molecule has 0 heterocycles. The van der Waals surface area contributed by atoms with Crippen molar-refractivity contribution >= 4 is 34.1 Å². The van der Waals surface area contributed by atoms with Crippen molar-refractivity contribution in [3.8, 4) is 0 Å². The first-order valence-electron chi connectivity index (χ1n) is 7.97. The Bertz CT molecular complexity index is 896. The Morgan fingerprint density at radius 1 is 0.500 bits per heavy atom. The van der Waals surface area contributed by atoms with Crippen LogP contribution < -0.4 is 4.31 Å². The predicted molar refractivity (Wildman–Crippen MR) is 105 cm³/mol. The summed E-state index contributed by atoms with van der Waals surface area (Å²) in [4.78, 5) is 1.22. The molecule has 0 unspecified atom stereocenters. The van der Waals surface area contributed by atoms with Gasteiger partial charge in [-0.3, -0.25) is 4.31 Å². The number of anilines is 2. The molecule has 0 aliphatic rings. The second-order valence-corrected chi connectivity index (χ2v) is 6.58. The lowest BCUT2D eigenvalue weighted by molar-refractivity contribution is 1.40. The van der Waals surface area contributed by atoms with Crippen LogP contribution in [0.3, 0.4) is 0 Å². The van der Waals surface area contributed by atoms with E-state index in [4.69, 9.17) is 0 Å². The summed E-state index contributed by atoms with van der Waals surface area (Å²) in [5.74, 6) is 0. The average Bonchev–Trinajstić information content (AvgIpc) is 2.67. The molecule has 0 N–H and O–H groups in total. The van der Waals surface area contributed by atoms with E-state index in [2.05, 4.69) is 95.3 Å². The minimum atomic E-state index is 1.17. The van der Waals surface area contributed by atoms with Gasteiger partial charge in [-0.25, -0.2) is 0 Å². The molecule has 4 aromatic carbocycles. The normalized spacial score (nSPS) is 10.7. The summed E-state index contributed by atoms with van der Waals surface area (Å²) in [6.45, 7) is 0. The number of hydrogen-bond donors (Lipinski definition) is 0. The summed E-state index contributed by atoms with van der Waals surface area (Å²) < 4.78 is 2.27. The molecule has 4 aromatic rings. The maximum absolute atomic E-state index is 2.27. The fourth-order valence-corrected chi connectivity index (χ4v) is 3.68. The van der Waals surface area contributed by atoms with E-state index in [1.54, 1.807) is 11.9 Å². The van der Waals surface area contributed by atoms with E-state index in [0.29, 0.717) is 0 Å². The molecular formula is C22H17NS. The Hall–Kier alpha value is -2.71. The quantitative estimate of drug-likeness (QED) is 0.384. The van der Waals surface area contributed by atoms with Crippen LogP contribution in [0.15, 0.2) is 108 Å². The topological polar surface area (TPSA) is 3.24 Å². The van der Waals surface area contributed by atoms with E-state index in [9.17, 15) is 0 Å². The fourth-order valence-electron chi connectivity index (χ4n) is 2.71. The minimum Gasteiger partial charge on any atom is -0.280 e. The number of nitrogens with zero attached hydrogens (tertiary/aromatic N) is 1. The third-order valence-electron chi connectivity index (χ3n) is 3.90. The van der Waals surface area contributed by atoms with Crippen molar-refractivity contribution < 1.29 is 0 Å². The Morgan fingerprint density at radius 2 is 1.04 bits per heavy atom. The molecule has 0 amide bonds. The fraction of sp³-hybridized carbons (Fsp3) is 0. The molecule has 0 spiro atoms. The molecule has 24 heavy (non-hydrogen) atoms. The Morgan fingerprint density at radius 3 is 1.67 bits per heavy atom. The maximum atomic E-state index is 2.27. The number of rotatable bonds is 4. The average molecular weight is 327 g/mol. The molecule has 116 valence electrons. The van der Waals surface area contributed by atoms with Gasteiger partial charge in [0.15, 0.2) is 0 Å². The number of fused-ring (bicyclic) bond motifs is 1. The Labute approximate surface area is 146 Å². The van der Waals surface area contributed by atoms with Crippen LogP contribution in [0.1, 0.15) is 0 Å². The zero-order chi connectivity index (χ0) is 16.2. The van der Waals surface area contributed by atoms with Gasteiger partial charge in [0.2, 0.25) is 0 Å². The van der Waals surface area contributed by atoms with Gasteiger partial charge in [0.25, 0.3) is 0 Å². The van der Waals surface area contributed by atoms with Crippen LogP contribution >= 0.6 is 11.9 Å². The standard InChI is InChI=1S/C22H17NS/c1-3-11-20(12-4-1)23(21-13-5-2-6-14-21)24-22-16-15-18-9-7-8-10-19(18)17-22/h1-17H. The SMILES string of the molecule is c1ccc(N(Sc2ccc3ccccc3c2)c2ccccc2)cc1. The predicted octanol–water partition coefficient (Wildman–Crippen LogP) is 6.69. The van der Waals surface area contributed by atoms with Crippen molar-refractivity contribution in [1.29, 1.82) is 0 Å². The van der Waals surface area contributed by atoms with Crippen LogP contribution in [-0.2, 0) is 0 Å². The van der Waals surface area contributed by atoms with Crippen molar-refractivity contribution in [2.75, 3.05) is 4.31 Å². The van der Waals surface area contributed by atoms with Crippen LogP contribution in [-0.4, -0.2) is 0 Å². The first kappa shape index (κ1) is 14.9. The number of benzene rings is 4. The van der Waals surface area contributed by atoms with Crippen LogP contribution in [0, 0.1) is 0 Å². The van der Waals surface area contributed by atoms with Crippen LogP contribution in [0.4, 0.5) is 11.4 Å². The second kappa shape index (κ2) is 6.81. The summed E-state index contributed by atoms with van der Waals surface area (Å²) in [6, 6.07) is 36.1. The van der Waals surface area contributed by atoms with Crippen LogP contribution in [0.2, 0.25) is 0 Å². The van der Waals surface area contributed by atoms with Gasteiger partial charge < -0.3 is 0 Å². The molecule has 0 aliphatic heterocycles. The van der Waals surface area contributed by atoms with Crippen LogP contribution in [0.25, 0.3) is 10.8 Å². The van der Waals surface area contributed by atoms with E-state index in [1.807, 2.05) is 12.1 Å². The third-order valence-corrected chi connectivity index (χ3v) is 4.97. The molecule has 2 heteroatoms. The molecule has 0 bridgehead atoms. The molecule has 1 nitrogen and oxygen atoms in total. The van der Waals surface area contributed by atoms with E-state index in [1.165, 1.54) is 27.0 Å². The zero-order valence-corrected chi connectivity index (χ0v) is 14.0. The van der Waals surface area contributed by atoms with Gasteiger partial charge in [-0.05, 0) is 59.1 Å². The molecule has 0 fully saturated rings. The summed E-state index contributed by atoms with van der Waals surface area (Å²) in [5.41, 5.74) is 2.34. The largest absolute Gasteiger partial charge is 0.280 e. The van der Waals surface area contributed by atoms with Crippen molar-refractivity contribution in [3.63, 3.8) is 0 Å². The highest BCUT2D eigenvalue weighted by atomic mass is 32.2. The molecule has 0 saturated carbocycles. The molecule has 0 saturated heterocycles. The first-order valence-corrected chi connectivity index (χ1v) is 8.74. The third kappa shape index (κ3) is 3.15. The van der Waals surface area contributed by atoms with E-state index in [0.717, 1.165) is 0 Å². The molecule has 0 aliphatic carbocycles. The molecule has 0 atom stereocenters. The zero-order valence-electron chi connectivity index (χ0n) is 13.2. The Kier molecular flexibility index (Phi) is 4.22. The number of para-hydroxylation sites is 2. The van der Waals surface area contributed by atoms with Crippen molar-refractivity contribution in [3.05, 3.63) is 103 Å². The van der Waals surface area contributed by atoms with Gasteiger partial charge in [0, 0.05) is 4.90 Å². The highest BCUT2D eigenvalue weighted by Crippen LogP contribution is 2.37. The summed E-state index contributed by atoms with van der Waals surface area (Å²) in [5, 5.41) is 2.54.